The van der Waals surface area contributed by atoms with E-state index in [0.29, 0.717) is 16.1 Å². The molecular weight excluding hydrogens is 467 g/mol. The van der Waals surface area contributed by atoms with Crippen molar-refractivity contribution in [2.24, 2.45) is 14.1 Å². The number of halogens is 2. The van der Waals surface area contributed by atoms with Gasteiger partial charge in [0.2, 0.25) is 5.75 Å². The molecule has 3 heterocycles. The highest BCUT2D eigenvalue weighted by atomic mass is 35.5. The quantitative estimate of drug-likeness (QED) is 0.428. The molecule has 0 aliphatic heterocycles. The van der Waals surface area contributed by atoms with Crippen molar-refractivity contribution in [2.75, 3.05) is 5.32 Å². The number of benzene rings is 1. The van der Waals surface area contributed by atoms with Gasteiger partial charge < -0.3 is 14.9 Å². The molecule has 0 fully saturated rings. The molecule has 0 spiro atoms. The molecule has 2 atom stereocenters. The van der Waals surface area contributed by atoms with E-state index in [1.165, 1.54) is 37.7 Å². The summed E-state index contributed by atoms with van der Waals surface area (Å²) in [5, 5.41) is 20.8. The smallest absolute Gasteiger partial charge is 0.296 e. The molecule has 0 aliphatic carbocycles. The Bertz CT molecular complexity index is 1420. The fourth-order valence-corrected chi connectivity index (χ4v) is 4.10. The first-order chi connectivity index (χ1) is 16.2. The highest BCUT2D eigenvalue weighted by Crippen LogP contribution is 2.40. The number of aryl methyl sites for hydroxylation is 1. The van der Waals surface area contributed by atoms with E-state index in [-0.39, 0.29) is 11.5 Å². The van der Waals surface area contributed by atoms with Gasteiger partial charge in [0.1, 0.15) is 23.6 Å². The molecule has 4 aromatic rings. The Morgan fingerprint density at radius 1 is 1.29 bits per heavy atom. The van der Waals surface area contributed by atoms with E-state index in [1.807, 2.05) is 0 Å². The van der Waals surface area contributed by atoms with Gasteiger partial charge in [0.25, 0.3) is 11.5 Å². The van der Waals surface area contributed by atoms with Gasteiger partial charge in [-0.25, -0.2) is 9.37 Å². The number of carbonyl (C=O) groups excluding carboxylic acids is 1. The second-order valence-electron chi connectivity index (χ2n) is 7.78. The number of aromatic nitrogens is 5. The van der Waals surface area contributed by atoms with E-state index in [4.69, 9.17) is 11.6 Å². The van der Waals surface area contributed by atoms with Crippen molar-refractivity contribution in [1.82, 2.24) is 24.5 Å². The Morgan fingerprint density at radius 2 is 2.06 bits per heavy atom. The zero-order chi connectivity index (χ0) is 24.6. The number of nitrogens with one attached hydrogen (secondary N) is 1. The third-order valence-electron chi connectivity index (χ3n) is 5.49. The lowest BCUT2D eigenvalue weighted by atomic mass is 9.82. The van der Waals surface area contributed by atoms with Crippen molar-refractivity contribution in [3.8, 4) is 5.75 Å². The summed E-state index contributed by atoms with van der Waals surface area (Å²) in [6.07, 6.45) is 5.80. The minimum Gasteiger partial charge on any atom is -0.501 e. The van der Waals surface area contributed by atoms with Gasteiger partial charge in [0, 0.05) is 37.2 Å². The number of carbonyl (C=O) groups is 1. The van der Waals surface area contributed by atoms with Crippen LogP contribution in [0.4, 0.5) is 10.1 Å². The van der Waals surface area contributed by atoms with Crippen LogP contribution in [0.15, 0.2) is 52.4 Å². The van der Waals surface area contributed by atoms with Crippen molar-refractivity contribution in [1.29, 1.82) is 0 Å². The molecule has 12 heteroatoms. The Labute approximate surface area is 197 Å². The predicted molar refractivity (Wildman–Crippen MR) is 120 cm³/mol. The van der Waals surface area contributed by atoms with Crippen LogP contribution in [0.25, 0.3) is 0 Å². The maximum absolute atomic E-state index is 14.2. The average molecular weight is 487 g/mol. The first kappa shape index (κ1) is 23.2. The summed E-state index contributed by atoms with van der Waals surface area (Å²) >= 11 is 6.43. The first-order valence-electron chi connectivity index (χ1n) is 10.1. The maximum Gasteiger partial charge on any atom is 0.296 e. The first-order valence-corrected chi connectivity index (χ1v) is 10.5. The van der Waals surface area contributed by atoms with Gasteiger partial charge in [-0.15, -0.1) is 0 Å². The topological polar surface area (TPSA) is 128 Å². The van der Waals surface area contributed by atoms with Crippen LogP contribution in [-0.2, 0) is 14.1 Å². The highest BCUT2D eigenvalue weighted by molar-refractivity contribution is 6.31. The van der Waals surface area contributed by atoms with Crippen LogP contribution in [-0.4, -0.2) is 35.5 Å². The van der Waals surface area contributed by atoms with Gasteiger partial charge in [-0.1, -0.05) is 23.7 Å². The average Bonchev–Trinajstić information content (AvgIpc) is 3.46. The summed E-state index contributed by atoms with van der Waals surface area (Å²) in [4.78, 5) is 29.9. The molecule has 0 bridgehead atoms. The molecule has 0 radical (unpaired) electrons. The minimum atomic E-state index is -0.825. The number of hydrogen-bond acceptors (Lipinski definition) is 7. The van der Waals surface area contributed by atoms with E-state index in [0.717, 1.165) is 4.57 Å². The zero-order valence-electron chi connectivity index (χ0n) is 18.4. The summed E-state index contributed by atoms with van der Waals surface area (Å²) in [5.41, 5.74) is 0.0885. The van der Waals surface area contributed by atoms with E-state index in [2.05, 4.69) is 25.1 Å². The van der Waals surface area contributed by atoms with Gasteiger partial charge in [0.05, 0.1) is 12.4 Å². The Hall–Kier alpha value is -3.99. The summed E-state index contributed by atoms with van der Waals surface area (Å²) in [6.45, 7) is 1.76. The van der Waals surface area contributed by atoms with Gasteiger partial charge in [-0.05, 0) is 29.3 Å². The van der Waals surface area contributed by atoms with E-state index in [9.17, 15) is 19.1 Å². The van der Waals surface area contributed by atoms with Crippen LogP contribution in [0.1, 0.15) is 46.2 Å². The van der Waals surface area contributed by atoms with Crippen LogP contribution in [0.2, 0.25) is 5.02 Å². The number of rotatable bonds is 6. The zero-order valence-corrected chi connectivity index (χ0v) is 19.1. The third kappa shape index (κ3) is 4.29. The second kappa shape index (κ2) is 9.10. The normalized spacial score (nSPS) is 13.0. The molecule has 0 unspecified atom stereocenters. The van der Waals surface area contributed by atoms with E-state index in [1.54, 1.807) is 31.0 Å². The molecule has 1 aromatic carbocycles. The molecule has 0 saturated carbocycles. The Morgan fingerprint density at radius 3 is 2.71 bits per heavy atom. The third-order valence-corrected chi connectivity index (χ3v) is 5.84. The van der Waals surface area contributed by atoms with Crippen molar-refractivity contribution in [3.05, 3.63) is 86.9 Å². The summed E-state index contributed by atoms with van der Waals surface area (Å²) in [6, 6.07) is 4.01. The minimum absolute atomic E-state index is 0.174. The van der Waals surface area contributed by atoms with Crippen LogP contribution < -0.4 is 10.9 Å². The molecule has 176 valence electrons. The SMILES string of the molecule is C[C@H](c1nc(C(=O)Nc2cnoc2)c(O)c(=O)n1C)[C@@H](c1cnn(C)c1)c1cc(F)ccc1Cl. The van der Waals surface area contributed by atoms with E-state index >= 15 is 0 Å². The Balaban J connectivity index is 1.85. The van der Waals surface area contributed by atoms with Crippen molar-refractivity contribution in [2.45, 2.75) is 18.8 Å². The Kier molecular flexibility index (Phi) is 6.20. The standard InChI is InChI=1S/C22H20ClFN6O4/c1-11(17(12-7-25-29(2)9-12)15-6-13(24)4-5-16(15)23)20-28-18(19(31)22(33)30(20)3)21(32)27-14-8-26-34-10-14/h4-11,17,31H,1-3H3,(H,27,32)/t11-,17-/m0/s1. The summed E-state index contributed by atoms with van der Waals surface area (Å²) in [7, 11) is 3.16. The second-order valence-corrected chi connectivity index (χ2v) is 8.19. The maximum atomic E-state index is 14.2. The van der Waals surface area contributed by atoms with Crippen LogP contribution in [0.3, 0.4) is 0 Å². The number of aromatic hydroxyl groups is 1. The number of nitrogens with zero attached hydrogens (tertiary/aromatic N) is 5. The van der Waals surface area contributed by atoms with Gasteiger partial charge in [-0.2, -0.15) is 5.10 Å². The van der Waals surface area contributed by atoms with Crippen LogP contribution in [0, 0.1) is 5.82 Å². The molecule has 2 N–H and O–H groups in total. The largest absolute Gasteiger partial charge is 0.501 e. The summed E-state index contributed by atoms with van der Waals surface area (Å²) in [5.74, 6) is -3.12. The molecule has 0 aliphatic rings. The molecule has 1 amide bonds. The lowest BCUT2D eigenvalue weighted by molar-refractivity contribution is 0.101. The fourth-order valence-electron chi connectivity index (χ4n) is 3.87. The van der Waals surface area contributed by atoms with Crippen molar-refractivity contribution >= 4 is 23.2 Å². The van der Waals surface area contributed by atoms with Crippen LogP contribution >= 0.6 is 11.6 Å². The summed E-state index contributed by atoms with van der Waals surface area (Å²) < 4.78 is 21.6. The molecule has 3 aromatic heterocycles. The molecule has 4 rings (SSSR count). The lowest BCUT2D eigenvalue weighted by Gasteiger charge is -2.26. The highest BCUT2D eigenvalue weighted by Gasteiger charge is 2.31. The molecular formula is C22H20ClFN6O4. The number of amides is 1. The van der Waals surface area contributed by atoms with Crippen LogP contribution in [0.5, 0.6) is 5.75 Å². The van der Waals surface area contributed by atoms with Crippen molar-refractivity contribution in [3.63, 3.8) is 0 Å². The molecule has 10 nitrogen and oxygen atoms in total. The predicted octanol–water partition coefficient (Wildman–Crippen LogP) is 3.19. The number of hydrogen-bond donors (Lipinski definition) is 2. The van der Waals surface area contributed by atoms with Gasteiger partial charge in [-0.3, -0.25) is 18.8 Å². The molecule has 0 saturated heterocycles. The monoisotopic (exact) mass is 486 g/mol. The van der Waals surface area contributed by atoms with Gasteiger partial charge >= 0.3 is 0 Å². The fraction of sp³-hybridized carbons (Fsp3) is 0.227. The van der Waals surface area contributed by atoms with Gasteiger partial charge in [0.15, 0.2) is 5.69 Å². The lowest BCUT2D eigenvalue weighted by Crippen LogP contribution is -2.29. The molecule has 34 heavy (non-hydrogen) atoms. The van der Waals surface area contributed by atoms with E-state index < -0.39 is 40.6 Å². The number of anilines is 1. The van der Waals surface area contributed by atoms with Crippen molar-refractivity contribution < 1.29 is 18.8 Å².